The van der Waals surface area contributed by atoms with E-state index in [1.165, 1.54) is 0 Å². The van der Waals surface area contributed by atoms with Gasteiger partial charge >= 0.3 is 6.09 Å². The van der Waals surface area contributed by atoms with E-state index in [2.05, 4.69) is 27.9 Å². The lowest BCUT2D eigenvalue weighted by Crippen LogP contribution is -2.34. The van der Waals surface area contributed by atoms with Crippen LogP contribution in [0, 0.1) is 3.57 Å². The van der Waals surface area contributed by atoms with Gasteiger partial charge < -0.3 is 14.8 Å². The highest BCUT2D eigenvalue weighted by molar-refractivity contribution is 14.1. The molecule has 1 amide bonds. The molecule has 0 aliphatic carbocycles. The summed E-state index contributed by atoms with van der Waals surface area (Å²) in [4.78, 5) is 11.8. The molecule has 124 valence electrons. The summed E-state index contributed by atoms with van der Waals surface area (Å²) < 4.78 is 11.9. The Hall–Kier alpha value is -0.690. The highest BCUT2D eigenvalue weighted by Crippen LogP contribution is 2.25. The largest absolute Gasteiger partial charge is 0.492 e. The Bertz CT molecular complexity index is 503. The van der Waals surface area contributed by atoms with Crippen LogP contribution in [0.5, 0.6) is 5.75 Å². The smallest absolute Gasteiger partial charge is 0.408 e. The number of halogens is 2. The molecule has 1 unspecified atom stereocenters. The van der Waals surface area contributed by atoms with Crippen LogP contribution in [0.15, 0.2) is 18.2 Å². The lowest BCUT2D eigenvalue weighted by Gasteiger charge is -2.22. The fourth-order valence-corrected chi connectivity index (χ4v) is 2.51. The van der Waals surface area contributed by atoms with E-state index in [0.717, 1.165) is 21.3 Å². The summed E-state index contributed by atoms with van der Waals surface area (Å²) in [5.41, 5.74) is 0.498. The van der Waals surface area contributed by atoms with Gasteiger partial charge in [0.2, 0.25) is 0 Å². The Morgan fingerprint density at radius 3 is 2.64 bits per heavy atom. The Labute approximate surface area is 151 Å². The summed E-state index contributed by atoms with van der Waals surface area (Å²) in [5, 5.41) is 2.83. The normalized spacial score (nSPS) is 12.6. The van der Waals surface area contributed by atoms with Gasteiger partial charge in [-0.25, -0.2) is 4.79 Å². The highest BCUT2D eigenvalue weighted by Gasteiger charge is 2.18. The highest BCUT2D eigenvalue weighted by atomic mass is 127. The van der Waals surface area contributed by atoms with Gasteiger partial charge in [0, 0.05) is 5.88 Å². The number of ether oxygens (including phenoxy) is 2. The van der Waals surface area contributed by atoms with Gasteiger partial charge in [0.05, 0.1) is 16.2 Å². The number of benzene rings is 1. The number of alkyl halides is 1. The number of hydrogen-bond acceptors (Lipinski definition) is 3. The van der Waals surface area contributed by atoms with Gasteiger partial charge in [0.25, 0.3) is 0 Å². The Morgan fingerprint density at radius 1 is 1.41 bits per heavy atom. The third kappa shape index (κ3) is 7.05. The van der Waals surface area contributed by atoms with Gasteiger partial charge in [-0.3, -0.25) is 0 Å². The van der Waals surface area contributed by atoms with Crippen molar-refractivity contribution in [2.75, 3.05) is 12.5 Å². The molecule has 4 nitrogen and oxygen atoms in total. The molecule has 0 fully saturated rings. The summed E-state index contributed by atoms with van der Waals surface area (Å²) in [6, 6.07) is 5.72. The van der Waals surface area contributed by atoms with Gasteiger partial charge in [0.15, 0.2) is 0 Å². The number of alkyl carbamates (subject to hydrolysis) is 1. The molecule has 0 saturated carbocycles. The Morgan fingerprint density at radius 2 is 2.09 bits per heavy atom. The van der Waals surface area contributed by atoms with E-state index in [1.54, 1.807) is 0 Å². The van der Waals surface area contributed by atoms with E-state index < -0.39 is 11.7 Å². The minimum Gasteiger partial charge on any atom is -0.492 e. The maximum absolute atomic E-state index is 11.8. The maximum atomic E-state index is 11.8. The zero-order chi connectivity index (χ0) is 16.8. The van der Waals surface area contributed by atoms with E-state index in [-0.39, 0.29) is 6.04 Å². The van der Waals surface area contributed by atoms with Crippen LogP contribution < -0.4 is 10.1 Å². The third-order valence-corrected chi connectivity index (χ3v) is 3.83. The van der Waals surface area contributed by atoms with Crippen molar-refractivity contribution in [3.8, 4) is 5.75 Å². The number of hydrogen-bond donors (Lipinski definition) is 1. The van der Waals surface area contributed by atoms with Crippen LogP contribution in [0.2, 0.25) is 0 Å². The standard InChI is InChI=1S/C16H23ClINO3/c1-11(19-15(20)22-16(2,3)4)12-6-7-14(13(18)10-12)21-9-5-8-17/h6-7,10-11H,5,8-9H2,1-4H3,(H,19,20). The molecule has 0 spiro atoms. The van der Waals surface area contributed by atoms with Crippen LogP contribution in [-0.4, -0.2) is 24.2 Å². The maximum Gasteiger partial charge on any atom is 0.408 e. The molecule has 1 N–H and O–H groups in total. The van der Waals surface area contributed by atoms with Crippen molar-refractivity contribution in [1.29, 1.82) is 0 Å². The van der Waals surface area contributed by atoms with Crippen LogP contribution in [0.25, 0.3) is 0 Å². The van der Waals surface area contributed by atoms with Crippen LogP contribution in [0.4, 0.5) is 4.79 Å². The van der Waals surface area contributed by atoms with Gasteiger partial charge in [-0.2, -0.15) is 0 Å². The van der Waals surface area contributed by atoms with Crippen LogP contribution in [0.3, 0.4) is 0 Å². The van der Waals surface area contributed by atoms with E-state index in [4.69, 9.17) is 21.1 Å². The molecule has 0 aromatic heterocycles. The first-order chi connectivity index (χ1) is 10.2. The molecule has 1 aromatic carbocycles. The predicted molar refractivity (Wildman–Crippen MR) is 97.8 cm³/mol. The molecule has 0 aliphatic rings. The van der Waals surface area contributed by atoms with Crippen molar-refractivity contribution in [2.45, 2.75) is 45.8 Å². The van der Waals surface area contributed by atoms with Crippen LogP contribution in [0.1, 0.15) is 45.7 Å². The summed E-state index contributed by atoms with van der Waals surface area (Å²) in [5.74, 6) is 1.42. The van der Waals surface area contributed by atoms with Crippen molar-refractivity contribution in [3.63, 3.8) is 0 Å². The van der Waals surface area contributed by atoms with Gasteiger partial charge in [-0.15, -0.1) is 11.6 Å². The van der Waals surface area contributed by atoms with E-state index in [1.807, 2.05) is 45.9 Å². The molecule has 0 radical (unpaired) electrons. The topological polar surface area (TPSA) is 47.6 Å². The van der Waals surface area contributed by atoms with Crippen LogP contribution in [-0.2, 0) is 4.74 Å². The van der Waals surface area contributed by atoms with E-state index in [0.29, 0.717) is 12.5 Å². The first-order valence-electron chi connectivity index (χ1n) is 7.20. The number of carbonyl (C=O) groups excluding carboxylic acids is 1. The van der Waals surface area contributed by atoms with E-state index >= 15 is 0 Å². The number of nitrogens with one attached hydrogen (secondary N) is 1. The molecule has 0 saturated heterocycles. The molecule has 6 heteroatoms. The second-order valence-corrected chi connectivity index (χ2v) is 7.49. The average Bonchev–Trinajstić information content (AvgIpc) is 2.38. The second kappa shape index (κ2) is 8.82. The SMILES string of the molecule is CC(NC(=O)OC(C)(C)C)c1ccc(OCCCCl)c(I)c1. The summed E-state index contributed by atoms with van der Waals surface area (Å²) in [7, 11) is 0. The lowest BCUT2D eigenvalue weighted by molar-refractivity contribution is 0.0508. The van der Waals surface area contributed by atoms with Crippen molar-refractivity contribution < 1.29 is 14.3 Å². The van der Waals surface area contributed by atoms with Crippen molar-refractivity contribution in [1.82, 2.24) is 5.32 Å². The molecule has 1 aromatic rings. The zero-order valence-electron chi connectivity index (χ0n) is 13.4. The van der Waals surface area contributed by atoms with E-state index in [9.17, 15) is 4.79 Å². The molecule has 1 rings (SSSR count). The number of rotatable bonds is 6. The molecule has 0 heterocycles. The first-order valence-corrected chi connectivity index (χ1v) is 8.82. The van der Waals surface area contributed by atoms with Gasteiger partial charge in [-0.05, 0) is 74.4 Å². The first kappa shape index (κ1) is 19.4. The third-order valence-electron chi connectivity index (χ3n) is 2.72. The Balaban J connectivity index is 2.64. The summed E-state index contributed by atoms with van der Waals surface area (Å²) >= 11 is 7.86. The van der Waals surface area contributed by atoms with Crippen molar-refractivity contribution in [3.05, 3.63) is 27.3 Å². The van der Waals surface area contributed by atoms with Crippen molar-refractivity contribution in [2.24, 2.45) is 0 Å². The fourth-order valence-electron chi connectivity index (χ4n) is 1.71. The summed E-state index contributed by atoms with van der Waals surface area (Å²) in [6.07, 6.45) is 0.396. The monoisotopic (exact) mass is 439 g/mol. The number of carbonyl (C=O) groups is 1. The summed E-state index contributed by atoms with van der Waals surface area (Å²) in [6.45, 7) is 8.04. The predicted octanol–water partition coefficient (Wildman–Crippen LogP) is 4.88. The molecule has 1 atom stereocenters. The number of amides is 1. The fraction of sp³-hybridized carbons (Fsp3) is 0.562. The lowest BCUT2D eigenvalue weighted by atomic mass is 10.1. The average molecular weight is 440 g/mol. The van der Waals surface area contributed by atoms with Gasteiger partial charge in [-0.1, -0.05) is 6.07 Å². The Kier molecular flexibility index (Phi) is 7.76. The minimum absolute atomic E-state index is 0.139. The molecule has 0 aliphatic heterocycles. The zero-order valence-corrected chi connectivity index (χ0v) is 16.3. The molecular weight excluding hydrogens is 417 g/mol. The van der Waals surface area contributed by atoms with Crippen molar-refractivity contribution >= 4 is 40.3 Å². The molecular formula is C16H23ClINO3. The molecule has 0 bridgehead atoms. The molecule has 22 heavy (non-hydrogen) atoms. The van der Waals surface area contributed by atoms with Crippen LogP contribution >= 0.6 is 34.2 Å². The minimum atomic E-state index is -0.502. The quantitative estimate of drug-likeness (QED) is 0.390. The van der Waals surface area contributed by atoms with Gasteiger partial charge in [0.1, 0.15) is 11.4 Å². The second-order valence-electron chi connectivity index (χ2n) is 5.95.